The average molecular weight is 366 g/mol. The molecule has 0 fully saturated rings. The normalized spacial score (nSPS) is 19.5. The summed E-state index contributed by atoms with van der Waals surface area (Å²) in [6.07, 6.45) is 3.56. The van der Waals surface area contributed by atoms with Crippen molar-refractivity contribution in [1.82, 2.24) is 0 Å². The summed E-state index contributed by atoms with van der Waals surface area (Å²) in [6, 6.07) is 9.03. The van der Waals surface area contributed by atoms with Crippen LogP contribution in [0.2, 0.25) is 0 Å². The number of Topliss-reactive ketones (excluding diaryl/α,β-unsaturated/α-hetero) is 1. The Morgan fingerprint density at radius 3 is 2.70 bits per heavy atom. The van der Waals surface area contributed by atoms with Crippen LogP contribution < -0.4 is 14.2 Å². The number of aromatic hydroxyl groups is 1. The van der Waals surface area contributed by atoms with Gasteiger partial charge in [0, 0.05) is 6.07 Å². The minimum atomic E-state index is -0.485. The molecule has 27 heavy (non-hydrogen) atoms. The number of ketones is 1. The molecule has 0 saturated carbocycles. The molecule has 2 aliphatic rings. The number of rotatable bonds is 3. The van der Waals surface area contributed by atoms with Crippen LogP contribution in [0.5, 0.6) is 23.0 Å². The Morgan fingerprint density at radius 1 is 1.26 bits per heavy atom. The van der Waals surface area contributed by atoms with Crippen molar-refractivity contribution in [3.63, 3.8) is 0 Å². The van der Waals surface area contributed by atoms with Crippen molar-refractivity contribution in [2.24, 2.45) is 0 Å². The lowest BCUT2D eigenvalue weighted by Gasteiger charge is -2.32. The van der Waals surface area contributed by atoms with Crippen LogP contribution in [-0.4, -0.2) is 23.1 Å². The molecule has 4 rings (SSSR count). The predicted molar refractivity (Wildman–Crippen MR) is 102 cm³/mol. The fourth-order valence-electron chi connectivity index (χ4n) is 3.46. The average Bonchev–Trinajstić information content (AvgIpc) is 2.61. The summed E-state index contributed by atoms with van der Waals surface area (Å²) in [5.41, 5.74) is 1.31. The van der Waals surface area contributed by atoms with Gasteiger partial charge in [0.25, 0.3) is 0 Å². The van der Waals surface area contributed by atoms with Gasteiger partial charge in [0.2, 0.25) is 0 Å². The predicted octanol–water partition coefficient (Wildman–Crippen LogP) is 4.68. The summed E-state index contributed by atoms with van der Waals surface area (Å²) in [6.45, 7) is 6.38. The molecule has 2 heterocycles. The van der Waals surface area contributed by atoms with E-state index in [4.69, 9.17) is 14.2 Å². The summed E-state index contributed by atoms with van der Waals surface area (Å²) in [7, 11) is 0. The first kappa shape index (κ1) is 17.5. The van der Waals surface area contributed by atoms with Crippen molar-refractivity contribution in [2.75, 3.05) is 6.61 Å². The molecule has 2 aliphatic heterocycles. The van der Waals surface area contributed by atoms with Gasteiger partial charge < -0.3 is 19.3 Å². The molecule has 1 atom stereocenters. The number of hydrogen-bond donors (Lipinski definition) is 1. The molecule has 2 aromatic rings. The van der Waals surface area contributed by atoms with Gasteiger partial charge in [0.05, 0.1) is 18.6 Å². The van der Waals surface area contributed by atoms with E-state index in [1.807, 2.05) is 57.2 Å². The van der Waals surface area contributed by atoms with Crippen LogP contribution >= 0.6 is 0 Å². The van der Waals surface area contributed by atoms with Crippen molar-refractivity contribution in [1.29, 1.82) is 0 Å². The zero-order valence-corrected chi connectivity index (χ0v) is 15.6. The van der Waals surface area contributed by atoms with Crippen LogP contribution in [0.25, 0.3) is 6.08 Å². The van der Waals surface area contributed by atoms with Gasteiger partial charge in [-0.05, 0) is 50.6 Å². The molecule has 0 amide bonds. The number of carbonyl (C=O) groups excluding carboxylic acids is 1. The third-order valence-corrected chi connectivity index (χ3v) is 4.76. The van der Waals surface area contributed by atoms with Crippen molar-refractivity contribution < 1.29 is 24.1 Å². The number of phenolic OH excluding ortho intramolecular Hbond substituents is 1. The summed E-state index contributed by atoms with van der Waals surface area (Å²) in [4.78, 5) is 12.7. The molecule has 0 bridgehead atoms. The molecule has 0 radical (unpaired) electrons. The van der Waals surface area contributed by atoms with Gasteiger partial charge in [-0.1, -0.05) is 12.1 Å². The van der Waals surface area contributed by atoms with E-state index in [0.717, 1.165) is 11.3 Å². The van der Waals surface area contributed by atoms with Gasteiger partial charge >= 0.3 is 0 Å². The molecule has 0 saturated heterocycles. The fraction of sp³-hybridized carbons (Fsp3) is 0.318. The van der Waals surface area contributed by atoms with Crippen LogP contribution in [0, 0.1) is 0 Å². The Morgan fingerprint density at radius 2 is 2.00 bits per heavy atom. The quantitative estimate of drug-likeness (QED) is 0.854. The Balaban J connectivity index is 1.73. The number of carbonyl (C=O) groups is 1. The molecular weight excluding hydrogens is 344 g/mol. The highest BCUT2D eigenvalue weighted by Gasteiger charge is 2.35. The molecule has 0 aliphatic carbocycles. The first-order valence-corrected chi connectivity index (χ1v) is 9.09. The first-order valence-electron chi connectivity index (χ1n) is 9.09. The van der Waals surface area contributed by atoms with E-state index in [0.29, 0.717) is 23.7 Å². The van der Waals surface area contributed by atoms with Crippen LogP contribution in [0.4, 0.5) is 0 Å². The van der Waals surface area contributed by atoms with E-state index >= 15 is 0 Å². The van der Waals surface area contributed by atoms with E-state index in [-0.39, 0.29) is 23.5 Å². The Hall–Kier alpha value is -2.95. The number of hydrogen-bond acceptors (Lipinski definition) is 5. The van der Waals surface area contributed by atoms with Crippen LogP contribution in [-0.2, 0) is 0 Å². The van der Waals surface area contributed by atoms with Crippen LogP contribution in [0.15, 0.2) is 36.4 Å². The second-order valence-corrected chi connectivity index (χ2v) is 7.29. The molecule has 5 heteroatoms. The molecule has 1 unspecified atom stereocenters. The minimum absolute atomic E-state index is 0.106. The smallest absolute Gasteiger partial charge is 0.174 e. The maximum absolute atomic E-state index is 12.7. The zero-order valence-electron chi connectivity index (χ0n) is 15.6. The molecule has 1 N–H and O–H groups in total. The molecule has 5 nitrogen and oxygen atoms in total. The zero-order chi connectivity index (χ0) is 19.2. The number of fused-ring (bicyclic) bond motifs is 3. The number of ether oxygens (including phenoxy) is 3. The van der Waals surface area contributed by atoms with E-state index in [1.165, 1.54) is 6.07 Å². The van der Waals surface area contributed by atoms with E-state index in [1.54, 1.807) is 0 Å². The standard InChI is InChI=1S/C22H22O5/c1-4-25-14-7-5-13(6-8-14)18-11-16(23)20-17(24)12-19-15(21(20)26-18)9-10-22(2,3)27-19/h5-10,12,18,24H,4,11H2,1-3H3. The number of phenols is 1. The molecule has 140 valence electrons. The van der Waals surface area contributed by atoms with Gasteiger partial charge in [0.1, 0.15) is 40.3 Å². The monoisotopic (exact) mass is 366 g/mol. The highest BCUT2D eigenvalue weighted by atomic mass is 16.5. The highest BCUT2D eigenvalue weighted by Crippen LogP contribution is 2.48. The second-order valence-electron chi connectivity index (χ2n) is 7.29. The van der Waals surface area contributed by atoms with E-state index in [9.17, 15) is 9.90 Å². The Labute approximate surface area is 158 Å². The van der Waals surface area contributed by atoms with Gasteiger partial charge in [-0.3, -0.25) is 4.79 Å². The SMILES string of the molecule is CCOc1ccc(C2CC(=O)c3c(O)cc4c(c3O2)C=CC(C)(C)O4)cc1. The Bertz CT molecular complexity index is 925. The largest absolute Gasteiger partial charge is 0.507 e. The maximum Gasteiger partial charge on any atom is 0.174 e. The van der Waals surface area contributed by atoms with Crippen molar-refractivity contribution in [3.8, 4) is 23.0 Å². The first-order chi connectivity index (χ1) is 12.9. The van der Waals surface area contributed by atoms with Crippen molar-refractivity contribution >= 4 is 11.9 Å². The second kappa shape index (κ2) is 6.34. The lowest BCUT2D eigenvalue weighted by Crippen LogP contribution is -2.29. The summed E-state index contributed by atoms with van der Waals surface area (Å²) in [5, 5.41) is 10.4. The van der Waals surface area contributed by atoms with E-state index in [2.05, 4.69) is 0 Å². The van der Waals surface area contributed by atoms with E-state index < -0.39 is 11.7 Å². The maximum atomic E-state index is 12.7. The lowest BCUT2D eigenvalue weighted by molar-refractivity contribution is 0.0841. The summed E-state index contributed by atoms with van der Waals surface area (Å²) in [5.74, 6) is 1.42. The van der Waals surface area contributed by atoms with Crippen LogP contribution in [0.3, 0.4) is 0 Å². The van der Waals surface area contributed by atoms with Crippen molar-refractivity contribution in [2.45, 2.75) is 38.9 Å². The van der Waals surface area contributed by atoms with Crippen LogP contribution in [0.1, 0.15) is 54.8 Å². The van der Waals surface area contributed by atoms with Gasteiger partial charge in [-0.25, -0.2) is 0 Å². The fourth-order valence-corrected chi connectivity index (χ4v) is 3.46. The topological polar surface area (TPSA) is 65.0 Å². The molecule has 0 spiro atoms. The Kier molecular flexibility index (Phi) is 4.10. The lowest BCUT2D eigenvalue weighted by atomic mass is 9.91. The molecular formula is C22H22O5. The third-order valence-electron chi connectivity index (χ3n) is 4.76. The van der Waals surface area contributed by atoms with Gasteiger partial charge in [0.15, 0.2) is 5.78 Å². The molecule has 0 aromatic heterocycles. The minimum Gasteiger partial charge on any atom is -0.507 e. The summed E-state index contributed by atoms with van der Waals surface area (Å²) < 4.78 is 17.6. The highest BCUT2D eigenvalue weighted by molar-refractivity contribution is 6.04. The number of benzene rings is 2. The van der Waals surface area contributed by atoms with Gasteiger partial charge in [-0.15, -0.1) is 0 Å². The summed E-state index contributed by atoms with van der Waals surface area (Å²) >= 11 is 0. The van der Waals surface area contributed by atoms with Gasteiger partial charge in [-0.2, -0.15) is 0 Å². The molecule has 2 aromatic carbocycles. The third kappa shape index (κ3) is 3.14. The van der Waals surface area contributed by atoms with Crippen molar-refractivity contribution in [3.05, 3.63) is 53.1 Å².